The van der Waals surface area contributed by atoms with E-state index in [9.17, 15) is 22.4 Å². The molecule has 0 saturated carbocycles. The molecule has 1 N–H and O–H groups in total. The van der Waals surface area contributed by atoms with E-state index in [1.165, 1.54) is 36.2 Å². The Labute approximate surface area is 221 Å². The van der Waals surface area contributed by atoms with Crippen molar-refractivity contribution in [3.8, 4) is 0 Å². The highest BCUT2D eigenvalue weighted by atomic mass is 35.5. The number of likely N-dealkylation sites (N-methyl/N-ethyl adjacent to an activating group) is 1. The first-order chi connectivity index (χ1) is 17.5. The van der Waals surface area contributed by atoms with E-state index in [4.69, 9.17) is 11.6 Å². The molecular weight excluding hydrogens is 517 g/mol. The zero-order valence-corrected chi connectivity index (χ0v) is 22.4. The summed E-state index contributed by atoms with van der Waals surface area (Å²) in [5.41, 5.74) is 2.17. The molecule has 10 heteroatoms. The zero-order chi connectivity index (χ0) is 27.2. The summed E-state index contributed by atoms with van der Waals surface area (Å²) >= 11 is 6.23. The van der Waals surface area contributed by atoms with Gasteiger partial charge in [-0.2, -0.15) is 0 Å². The second-order valence-corrected chi connectivity index (χ2v) is 10.9. The van der Waals surface area contributed by atoms with Crippen molar-refractivity contribution < 1.29 is 22.4 Å². The van der Waals surface area contributed by atoms with Crippen molar-refractivity contribution in [2.24, 2.45) is 0 Å². The lowest BCUT2D eigenvalue weighted by Gasteiger charge is -2.33. The van der Waals surface area contributed by atoms with E-state index in [0.717, 1.165) is 16.1 Å². The molecule has 7 nitrogen and oxygen atoms in total. The third-order valence-corrected chi connectivity index (χ3v) is 7.51. The molecule has 37 heavy (non-hydrogen) atoms. The van der Waals surface area contributed by atoms with Crippen LogP contribution in [0, 0.1) is 12.7 Å². The van der Waals surface area contributed by atoms with Gasteiger partial charge in [-0.3, -0.25) is 13.9 Å². The van der Waals surface area contributed by atoms with Crippen LogP contribution in [0.15, 0.2) is 72.8 Å². The summed E-state index contributed by atoms with van der Waals surface area (Å²) in [4.78, 5) is 28.2. The Morgan fingerprint density at radius 3 is 2.22 bits per heavy atom. The first-order valence-electron chi connectivity index (χ1n) is 11.5. The molecule has 0 aromatic heterocycles. The predicted octanol–water partition coefficient (Wildman–Crippen LogP) is 3.94. The van der Waals surface area contributed by atoms with E-state index < -0.39 is 40.2 Å². The quantitative estimate of drug-likeness (QED) is 0.418. The van der Waals surface area contributed by atoms with Gasteiger partial charge in [-0.05, 0) is 47.9 Å². The molecule has 2 amide bonds. The van der Waals surface area contributed by atoms with Crippen LogP contribution >= 0.6 is 11.6 Å². The van der Waals surface area contributed by atoms with E-state index in [2.05, 4.69) is 5.32 Å². The van der Waals surface area contributed by atoms with Gasteiger partial charge in [0.25, 0.3) is 0 Å². The maximum absolute atomic E-state index is 13.8. The maximum Gasteiger partial charge on any atom is 0.244 e. The van der Waals surface area contributed by atoms with Gasteiger partial charge in [-0.15, -0.1) is 0 Å². The Balaban J connectivity index is 2.05. The Morgan fingerprint density at radius 1 is 0.973 bits per heavy atom. The molecule has 0 heterocycles. The maximum atomic E-state index is 13.8. The average molecular weight is 546 g/mol. The molecule has 3 aromatic carbocycles. The van der Waals surface area contributed by atoms with Crippen LogP contribution in [-0.4, -0.2) is 51.0 Å². The SMILES string of the molecule is CNC(=O)[C@H](Cc1ccccc1)N(Cc1ccc(F)cc1)C(=O)CN(c1cccc(Cl)c1C)S(C)(=O)=O. The molecular formula is C27H29ClFN3O4S. The summed E-state index contributed by atoms with van der Waals surface area (Å²) in [6, 6.07) is 18.6. The first kappa shape index (κ1) is 28.1. The van der Waals surface area contributed by atoms with Gasteiger partial charge in [0, 0.05) is 25.0 Å². The third kappa shape index (κ3) is 7.30. The van der Waals surface area contributed by atoms with Crippen molar-refractivity contribution in [2.75, 3.05) is 24.2 Å². The Morgan fingerprint density at radius 2 is 1.62 bits per heavy atom. The van der Waals surface area contributed by atoms with E-state index in [0.29, 0.717) is 16.1 Å². The summed E-state index contributed by atoms with van der Waals surface area (Å²) in [5, 5.41) is 2.96. The molecule has 0 unspecified atom stereocenters. The van der Waals surface area contributed by atoms with Crippen LogP contribution in [0.5, 0.6) is 0 Å². The fourth-order valence-corrected chi connectivity index (χ4v) is 5.04. The molecule has 1 atom stereocenters. The largest absolute Gasteiger partial charge is 0.357 e. The van der Waals surface area contributed by atoms with Crippen LogP contribution < -0.4 is 9.62 Å². The highest BCUT2D eigenvalue weighted by molar-refractivity contribution is 7.92. The minimum Gasteiger partial charge on any atom is -0.357 e. The van der Waals surface area contributed by atoms with Crippen molar-refractivity contribution in [2.45, 2.75) is 25.9 Å². The highest BCUT2D eigenvalue weighted by Crippen LogP contribution is 2.28. The van der Waals surface area contributed by atoms with Gasteiger partial charge in [0.05, 0.1) is 11.9 Å². The molecule has 0 aliphatic carbocycles. The van der Waals surface area contributed by atoms with Gasteiger partial charge in [0.1, 0.15) is 18.4 Å². The van der Waals surface area contributed by atoms with Crippen LogP contribution in [-0.2, 0) is 32.6 Å². The van der Waals surface area contributed by atoms with Crippen LogP contribution in [0.2, 0.25) is 5.02 Å². The number of nitrogens with one attached hydrogen (secondary N) is 1. The van der Waals surface area contributed by atoms with Crippen LogP contribution in [0.3, 0.4) is 0 Å². The van der Waals surface area contributed by atoms with Crippen LogP contribution in [0.4, 0.5) is 10.1 Å². The summed E-state index contributed by atoms with van der Waals surface area (Å²) in [6.07, 6.45) is 1.20. The molecule has 196 valence electrons. The highest BCUT2D eigenvalue weighted by Gasteiger charge is 2.33. The number of carbonyl (C=O) groups is 2. The number of amides is 2. The van der Waals surface area contributed by atoms with Crippen LogP contribution in [0.25, 0.3) is 0 Å². The van der Waals surface area contributed by atoms with Gasteiger partial charge in [0.15, 0.2) is 0 Å². The molecule has 0 radical (unpaired) electrons. The fourth-order valence-electron chi connectivity index (χ4n) is 3.97. The number of hydrogen-bond acceptors (Lipinski definition) is 4. The molecule has 0 aliphatic rings. The molecule has 3 aromatic rings. The smallest absolute Gasteiger partial charge is 0.244 e. The average Bonchev–Trinajstić information content (AvgIpc) is 2.87. The van der Waals surface area contributed by atoms with Crippen molar-refractivity contribution in [3.63, 3.8) is 0 Å². The molecule has 0 aliphatic heterocycles. The lowest BCUT2D eigenvalue weighted by Crippen LogP contribution is -2.53. The van der Waals surface area contributed by atoms with E-state index >= 15 is 0 Å². The molecule has 3 rings (SSSR count). The number of rotatable bonds is 10. The Bertz CT molecular complexity index is 1350. The third-order valence-electron chi connectivity index (χ3n) is 5.97. The Hall–Kier alpha value is -3.43. The molecule has 0 spiro atoms. The standard InChI is InChI=1S/C27H29ClFN3O4S/c1-19-23(28)10-7-11-24(19)32(37(3,35)36)18-26(33)31(17-21-12-14-22(29)15-13-21)25(27(34)30-2)16-20-8-5-4-6-9-20/h4-15,25H,16-18H2,1-3H3,(H,30,34)/t25-/m0/s1. The number of nitrogens with zero attached hydrogens (tertiary/aromatic N) is 2. The van der Waals surface area contributed by atoms with Gasteiger partial charge < -0.3 is 10.2 Å². The summed E-state index contributed by atoms with van der Waals surface area (Å²) in [5.74, 6) is -1.45. The second kappa shape index (κ2) is 12.2. The number of carbonyl (C=O) groups excluding carboxylic acids is 2. The number of anilines is 1. The summed E-state index contributed by atoms with van der Waals surface area (Å²) in [7, 11) is -2.43. The number of hydrogen-bond donors (Lipinski definition) is 1. The number of benzene rings is 3. The number of sulfonamides is 1. The first-order valence-corrected chi connectivity index (χ1v) is 13.8. The second-order valence-electron chi connectivity index (χ2n) is 8.62. The predicted molar refractivity (Wildman–Crippen MR) is 143 cm³/mol. The Kier molecular flexibility index (Phi) is 9.29. The van der Waals surface area contributed by atoms with E-state index in [1.54, 1.807) is 25.1 Å². The molecule has 0 fully saturated rings. The normalized spacial score (nSPS) is 12.0. The molecule has 0 bridgehead atoms. The molecule has 0 saturated heterocycles. The van der Waals surface area contributed by atoms with Gasteiger partial charge >= 0.3 is 0 Å². The monoisotopic (exact) mass is 545 g/mol. The van der Waals surface area contributed by atoms with E-state index in [1.807, 2.05) is 30.3 Å². The zero-order valence-electron chi connectivity index (χ0n) is 20.8. The van der Waals surface area contributed by atoms with Crippen molar-refractivity contribution in [1.82, 2.24) is 10.2 Å². The minimum absolute atomic E-state index is 0.0316. The lowest BCUT2D eigenvalue weighted by molar-refractivity contribution is -0.139. The van der Waals surface area contributed by atoms with Gasteiger partial charge in [0.2, 0.25) is 21.8 Å². The lowest BCUT2D eigenvalue weighted by atomic mass is 10.0. The summed E-state index contributed by atoms with van der Waals surface area (Å²) in [6.45, 7) is 1.08. The van der Waals surface area contributed by atoms with Gasteiger partial charge in [-0.1, -0.05) is 60.1 Å². The topological polar surface area (TPSA) is 86.8 Å². The van der Waals surface area contributed by atoms with Gasteiger partial charge in [-0.25, -0.2) is 12.8 Å². The minimum atomic E-state index is -3.90. The van der Waals surface area contributed by atoms with E-state index in [-0.39, 0.29) is 18.7 Å². The van der Waals surface area contributed by atoms with Crippen molar-refractivity contribution in [3.05, 3.63) is 100 Å². The van der Waals surface area contributed by atoms with Crippen molar-refractivity contribution >= 4 is 39.1 Å². The number of halogens is 2. The van der Waals surface area contributed by atoms with Crippen LogP contribution in [0.1, 0.15) is 16.7 Å². The summed E-state index contributed by atoms with van der Waals surface area (Å²) < 4.78 is 40.1. The fraction of sp³-hybridized carbons (Fsp3) is 0.259. The van der Waals surface area contributed by atoms with Crippen molar-refractivity contribution in [1.29, 1.82) is 0 Å².